The minimum absolute atomic E-state index is 0.139. The van der Waals surface area contributed by atoms with E-state index in [1.165, 1.54) is 4.90 Å². The maximum atomic E-state index is 11.7. The number of pyridine rings is 1. The summed E-state index contributed by atoms with van der Waals surface area (Å²) in [5.74, 6) is -0.139. The van der Waals surface area contributed by atoms with Crippen molar-refractivity contribution in [2.24, 2.45) is 0 Å². The second-order valence-corrected chi connectivity index (χ2v) is 4.21. The third kappa shape index (κ3) is 3.29. The fourth-order valence-electron chi connectivity index (χ4n) is 1.68. The predicted octanol–water partition coefficient (Wildman–Crippen LogP) is -0.882. The van der Waals surface area contributed by atoms with Gasteiger partial charge in [0.25, 0.3) is 5.91 Å². The molecule has 1 aliphatic rings. The van der Waals surface area contributed by atoms with Crippen molar-refractivity contribution in [2.75, 3.05) is 20.1 Å². The Morgan fingerprint density at radius 3 is 2.82 bits per heavy atom. The molecule has 1 aromatic heterocycles. The number of hydrogen-bond donors (Lipinski definition) is 3. The highest BCUT2D eigenvalue weighted by atomic mass is 16.2. The van der Waals surface area contributed by atoms with Crippen LogP contribution >= 0.6 is 0 Å². The Bertz CT molecular complexity index is 416. The summed E-state index contributed by atoms with van der Waals surface area (Å²) in [6.45, 7) is 2.08. The van der Waals surface area contributed by atoms with Crippen LogP contribution in [0.3, 0.4) is 0 Å². The number of quaternary nitrogens is 1. The Balaban J connectivity index is 1.85. The number of nitrogens with zero attached hydrogens (tertiary/aromatic N) is 1. The van der Waals surface area contributed by atoms with E-state index >= 15 is 0 Å². The first-order valence-electron chi connectivity index (χ1n) is 5.72. The Kier molecular flexibility index (Phi) is 3.72. The molecule has 2 heterocycles. The topological polar surface area (TPSA) is 58.5 Å². The van der Waals surface area contributed by atoms with Crippen LogP contribution in [0.5, 0.6) is 0 Å². The van der Waals surface area contributed by atoms with Crippen LogP contribution in [0.4, 0.5) is 0 Å². The van der Waals surface area contributed by atoms with Crippen molar-refractivity contribution in [3.8, 4) is 0 Å². The van der Waals surface area contributed by atoms with Gasteiger partial charge < -0.3 is 10.3 Å². The second kappa shape index (κ2) is 5.45. The molecule has 17 heavy (non-hydrogen) atoms. The van der Waals surface area contributed by atoms with Crippen LogP contribution in [0, 0.1) is 0 Å². The second-order valence-electron chi connectivity index (χ2n) is 4.21. The fraction of sp³-hybridized carbons (Fsp3) is 0.333. The Morgan fingerprint density at radius 1 is 1.41 bits per heavy atom. The minimum Gasteiger partial charge on any atom is -0.334 e. The first kappa shape index (κ1) is 11.6. The van der Waals surface area contributed by atoms with E-state index < -0.39 is 0 Å². The zero-order valence-electron chi connectivity index (χ0n) is 9.86. The van der Waals surface area contributed by atoms with Gasteiger partial charge in [0.05, 0.1) is 20.1 Å². The van der Waals surface area contributed by atoms with Crippen molar-refractivity contribution >= 4 is 5.91 Å². The van der Waals surface area contributed by atoms with Gasteiger partial charge >= 0.3 is 0 Å². The van der Waals surface area contributed by atoms with Crippen molar-refractivity contribution in [1.82, 2.24) is 15.8 Å². The summed E-state index contributed by atoms with van der Waals surface area (Å²) in [7, 11) is 2.16. The standard InChI is InChI=1S/C12H16N4O/c1-16-8-4-11(5-9-16)14-15-12(17)10-2-6-13-7-3-10/h2-4,6-7,14H,5,8-9H2,1H3,(H,15,17)/p+1. The lowest BCUT2D eigenvalue weighted by atomic mass is 10.2. The molecule has 0 aliphatic carbocycles. The van der Waals surface area contributed by atoms with Crippen molar-refractivity contribution in [2.45, 2.75) is 6.42 Å². The van der Waals surface area contributed by atoms with Crippen LogP contribution in [-0.2, 0) is 0 Å². The van der Waals surface area contributed by atoms with Crippen LogP contribution in [0.2, 0.25) is 0 Å². The lowest BCUT2D eigenvalue weighted by Crippen LogP contribution is -3.09. The van der Waals surface area contributed by atoms with Gasteiger partial charge in [-0.2, -0.15) is 0 Å². The average Bonchev–Trinajstić information content (AvgIpc) is 2.39. The van der Waals surface area contributed by atoms with Crippen molar-refractivity contribution in [3.63, 3.8) is 0 Å². The zero-order chi connectivity index (χ0) is 12.1. The van der Waals surface area contributed by atoms with E-state index in [0.29, 0.717) is 5.56 Å². The van der Waals surface area contributed by atoms with E-state index in [0.717, 1.165) is 25.2 Å². The molecule has 0 spiro atoms. The van der Waals surface area contributed by atoms with E-state index in [2.05, 4.69) is 29.0 Å². The molecular formula is C12H17N4O+. The maximum Gasteiger partial charge on any atom is 0.269 e. The highest BCUT2D eigenvalue weighted by Gasteiger charge is 2.11. The van der Waals surface area contributed by atoms with Gasteiger partial charge in [-0.15, -0.1) is 0 Å². The normalized spacial score (nSPS) is 19.4. The molecule has 0 radical (unpaired) electrons. The smallest absolute Gasteiger partial charge is 0.269 e. The van der Waals surface area contributed by atoms with Crippen LogP contribution in [0.25, 0.3) is 0 Å². The summed E-state index contributed by atoms with van der Waals surface area (Å²) >= 11 is 0. The van der Waals surface area contributed by atoms with Gasteiger partial charge in [0.2, 0.25) is 0 Å². The molecule has 5 nitrogen and oxygen atoms in total. The molecule has 0 bridgehead atoms. The van der Waals surface area contributed by atoms with Crippen LogP contribution in [0.15, 0.2) is 36.3 Å². The van der Waals surface area contributed by atoms with Gasteiger partial charge in [0.1, 0.15) is 0 Å². The van der Waals surface area contributed by atoms with Crippen LogP contribution < -0.4 is 15.8 Å². The predicted molar refractivity (Wildman–Crippen MR) is 64.2 cm³/mol. The summed E-state index contributed by atoms with van der Waals surface area (Å²) < 4.78 is 0. The van der Waals surface area contributed by atoms with Gasteiger partial charge in [-0.1, -0.05) is 0 Å². The molecule has 1 unspecified atom stereocenters. The maximum absolute atomic E-state index is 11.7. The summed E-state index contributed by atoms with van der Waals surface area (Å²) in [6, 6.07) is 3.37. The quantitative estimate of drug-likeness (QED) is 0.594. The number of nitrogens with one attached hydrogen (secondary N) is 3. The van der Waals surface area contributed by atoms with E-state index in [1.54, 1.807) is 24.5 Å². The van der Waals surface area contributed by atoms with E-state index in [1.807, 2.05) is 0 Å². The molecule has 0 aromatic carbocycles. The molecular weight excluding hydrogens is 216 g/mol. The van der Waals surface area contributed by atoms with E-state index in [9.17, 15) is 4.79 Å². The first-order valence-corrected chi connectivity index (χ1v) is 5.72. The molecule has 0 fully saturated rings. The van der Waals surface area contributed by atoms with Gasteiger partial charge in [-0.05, 0) is 18.2 Å². The summed E-state index contributed by atoms with van der Waals surface area (Å²) in [5.41, 5.74) is 7.34. The molecule has 5 heteroatoms. The van der Waals surface area contributed by atoms with Crippen molar-refractivity contribution in [1.29, 1.82) is 0 Å². The Morgan fingerprint density at radius 2 is 2.18 bits per heavy atom. The number of aromatic nitrogens is 1. The molecule has 1 amide bonds. The van der Waals surface area contributed by atoms with Gasteiger partial charge in [0, 0.05) is 30.1 Å². The third-order valence-electron chi connectivity index (χ3n) is 2.80. The first-order chi connectivity index (χ1) is 8.25. The third-order valence-corrected chi connectivity index (χ3v) is 2.80. The van der Waals surface area contributed by atoms with Gasteiger partial charge in [-0.3, -0.25) is 15.2 Å². The summed E-state index contributed by atoms with van der Waals surface area (Å²) in [6.07, 6.45) is 6.29. The molecule has 0 saturated heterocycles. The summed E-state index contributed by atoms with van der Waals surface area (Å²) in [4.78, 5) is 17.1. The Hall–Kier alpha value is -1.88. The Labute approximate surface area is 101 Å². The lowest BCUT2D eigenvalue weighted by molar-refractivity contribution is -0.875. The van der Waals surface area contributed by atoms with E-state index in [4.69, 9.17) is 0 Å². The number of amides is 1. The average molecular weight is 233 g/mol. The van der Waals surface area contributed by atoms with Crippen molar-refractivity contribution in [3.05, 3.63) is 41.9 Å². The molecule has 3 N–H and O–H groups in total. The van der Waals surface area contributed by atoms with Crippen molar-refractivity contribution < 1.29 is 9.69 Å². The van der Waals surface area contributed by atoms with E-state index in [-0.39, 0.29) is 5.91 Å². The SMILES string of the molecule is C[NH+]1CC=C(NNC(=O)c2ccncc2)CC1. The number of carbonyl (C=O) groups is 1. The number of hydrogen-bond acceptors (Lipinski definition) is 3. The number of hydrazine groups is 1. The van der Waals surface area contributed by atoms with Gasteiger partial charge in [0.15, 0.2) is 0 Å². The lowest BCUT2D eigenvalue weighted by Gasteiger charge is -2.20. The molecule has 2 rings (SSSR count). The van der Waals surface area contributed by atoms with Crippen LogP contribution in [-0.4, -0.2) is 31.0 Å². The molecule has 1 aromatic rings. The highest BCUT2D eigenvalue weighted by molar-refractivity contribution is 5.93. The molecule has 0 saturated carbocycles. The van der Waals surface area contributed by atoms with Crippen LogP contribution in [0.1, 0.15) is 16.8 Å². The number of carbonyl (C=O) groups excluding carboxylic acids is 1. The monoisotopic (exact) mass is 233 g/mol. The molecule has 1 aliphatic heterocycles. The minimum atomic E-state index is -0.139. The highest BCUT2D eigenvalue weighted by Crippen LogP contribution is 1.97. The number of rotatable bonds is 3. The molecule has 1 atom stereocenters. The fourth-order valence-corrected chi connectivity index (χ4v) is 1.68. The number of likely N-dealkylation sites (N-methyl/N-ethyl adjacent to an activating group) is 1. The largest absolute Gasteiger partial charge is 0.334 e. The zero-order valence-corrected chi connectivity index (χ0v) is 9.86. The molecule has 90 valence electrons. The van der Waals surface area contributed by atoms with Gasteiger partial charge in [-0.25, -0.2) is 0 Å². The summed E-state index contributed by atoms with van der Waals surface area (Å²) in [5, 5.41) is 0.